The first-order chi connectivity index (χ1) is 10.3. The van der Waals surface area contributed by atoms with Crippen LogP contribution in [0.4, 0.5) is 11.5 Å². The van der Waals surface area contributed by atoms with E-state index in [0.29, 0.717) is 18.1 Å². The molecule has 3 aromatic rings. The molecule has 0 fully saturated rings. The van der Waals surface area contributed by atoms with Gasteiger partial charge in [0.05, 0.1) is 18.4 Å². The van der Waals surface area contributed by atoms with Crippen molar-refractivity contribution in [3.05, 3.63) is 72.2 Å². The quantitative estimate of drug-likeness (QED) is 0.795. The van der Waals surface area contributed by atoms with Gasteiger partial charge in [0.25, 0.3) is 0 Å². The Morgan fingerprint density at radius 1 is 1.10 bits per heavy atom. The van der Waals surface area contributed by atoms with E-state index in [1.807, 2.05) is 41.2 Å². The molecule has 3 rings (SSSR count). The maximum Gasteiger partial charge on any atom is 0.142 e. The zero-order chi connectivity index (χ0) is 14.5. The molecular formula is C16H13N5. The Balaban J connectivity index is 1.72. The molecule has 1 N–H and O–H groups in total. The highest BCUT2D eigenvalue weighted by atomic mass is 15.3. The predicted octanol–water partition coefficient (Wildman–Crippen LogP) is 2.94. The van der Waals surface area contributed by atoms with Crippen LogP contribution < -0.4 is 5.32 Å². The number of hydrogen-bond acceptors (Lipinski definition) is 4. The standard InChI is InChI=1S/C16H13N5/c17-9-14-7-4-8-16(19-14)20-15-10-18-21(12-15)11-13-5-2-1-3-6-13/h1-8,10,12H,11H2,(H,19,20). The first-order valence-corrected chi connectivity index (χ1v) is 6.54. The molecule has 0 unspecified atom stereocenters. The van der Waals surface area contributed by atoms with E-state index in [-0.39, 0.29) is 0 Å². The molecule has 102 valence electrons. The summed E-state index contributed by atoms with van der Waals surface area (Å²) in [5.74, 6) is 0.633. The minimum atomic E-state index is 0.386. The van der Waals surface area contributed by atoms with E-state index in [0.717, 1.165) is 5.69 Å². The first-order valence-electron chi connectivity index (χ1n) is 6.54. The van der Waals surface area contributed by atoms with Crippen LogP contribution in [-0.4, -0.2) is 14.8 Å². The molecule has 0 radical (unpaired) electrons. The van der Waals surface area contributed by atoms with Crippen LogP contribution in [0.15, 0.2) is 60.9 Å². The van der Waals surface area contributed by atoms with Crippen LogP contribution in [-0.2, 0) is 6.54 Å². The molecule has 2 aromatic heterocycles. The molecule has 1 aromatic carbocycles. The topological polar surface area (TPSA) is 66.5 Å². The second kappa shape index (κ2) is 5.88. The summed E-state index contributed by atoms with van der Waals surface area (Å²) in [6.45, 7) is 0.716. The van der Waals surface area contributed by atoms with E-state index in [9.17, 15) is 0 Å². The number of anilines is 2. The van der Waals surface area contributed by atoms with Crippen molar-refractivity contribution in [3.63, 3.8) is 0 Å². The van der Waals surface area contributed by atoms with Gasteiger partial charge in [0.1, 0.15) is 17.6 Å². The van der Waals surface area contributed by atoms with Gasteiger partial charge in [-0.15, -0.1) is 0 Å². The maximum absolute atomic E-state index is 8.84. The average molecular weight is 275 g/mol. The molecule has 0 aliphatic rings. The number of rotatable bonds is 4. The van der Waals surface area contributed by atoms with Gasteiger partial charge in [0.15, 0.2) is 0 Å². The molecule has 0 saturated carbocycles. The number of nitriles is 1. The van der Waals surface area contributed by atoms with E-state index >= 15 is 0 Å². The van der Waals surface area contributed by atoms with E-state index in [2.05, 4.69) is 27.5 Å². The lowest BCUT2D eigenvalue weighted by Crippen LogP contribution is -1.99. The van der Waals surface area contributed by atoms with Gasteiger partial charge >= 0.3 is 0 Å². The predicted molar refractivity (Wildman–Crippen MR) is 80.0 cm³/mol. The van der Waals surface area contributed by atoms with Crippen LogP contribution in [0.3, 0.4) is 0 Å². The summed E-state index contributed by atoms with van der Waals surface area (Å²) in [5, 5.41) is 16.3. The minimum absolute atomic E-state index is 0.386. The molecule has 0 amide bonds. The Morgan fingerprint density at radius 2 is 1.95 bits per heavy atom. The fourth-order valence-corrected chi connectivity index (χ4v) is 2.00. The van der Waals surface area contributed by atoms with Crippen molar-refractivity contribution in [2.75, 3.05) is 5.32 Å². The second-order valence-corrected chi connectivity index (χ2v) is 4.56. The monoisotopic (exact) mass is 275 g/mol. The van der Waals surface area contributed by atoms with E-state index in [1.54, 1.807) is 18.3 Å². The van der Waals surface area contributed by atoms with Crippen molar-refractivity contribution in [2.24, 2.45) is 0 Å². The highest BCUT2D eigenvalue weighted by molar-refractivity contribution is 5.54. The van der Waals surface area contributed by atoms with Crippen molar-refractivity contribution in [1.29, 1.82) is 5.26 Å². The summed E-state index contributed by atoms with van der Waals surface area (Å²) in [6, 6.07) is 17.4. The lowest BCUT2D eigenvalue weighted by atomic mass is 10.2. The minimum Gasteiger partial charge on any atom is -0.338 e. The second-order valence-electron chi connectivity index (χ2n) is 4.56. The zero-order valence-electron chi connectivity index (χ0n) is 11.3. The number of hydrogen-bond donors (Lipinski definition) is 1. The molecule has 0 saturated heterocycles. The SMILES string of the molecule is N#Cc1cccc(Nc2cnn(Cc3ccccc3)c2)n1. The Kier molecular flexibility index (Phi) is 3.61. The van der Waals surface area contributed by atoms with Crippen molar-refractivity contribution in [3.8, 4) is 6.07 Å². The third kappa shape index (κ3) is 3.25. The summed E-state index contributed by atoms with van der Waals surface area (Å²) in [5.41, 5.74) is 2.42. The summed E-state index contributed by atoms with van der Waals surface area (Å²) < 4.78 is 1.85. The Bertz CT molecular complexity index is 771. The molecule has 0 atom stereocenters. The zero-order valence-corrected chi connectivity index (χ0v) is 11.3. The number of benzene rings is 1. The van der Waals surface area contributed by atoms with Crippen molar-refractivity contribution in [2.45, 2.75) is 6.54 Å². The van der Waals surface area contributed by atoms with Gasteiger partial charge in [-0.3, -0.25) is 4.68 Å². The van der Waals surface area contributed by atoms with Gasteiger partial charge in [-0.05, 0) is 17.7 Å². The van der Waals surface area contributed by atoms with Crippen LogP contribution in [0.5, 0.6) is 0 Å². The fraction of sp³-hybridized carbons (Fsp3) is 0.0625. The molecule has 0 bridgehead atoms. The Labute approximate surface area is 122 Å². The molecule has 0 aliphatic carbocycles. The third-order valence-corrected chi connectivity index (χ3v) is 2.96. The molecule has 2 heterocycles. The highest BCUT2D eigenvalue weighted by Crippen LogP contribution is 2.14. The van der Waals surface area contributed by atoms with E-state index in [4.69, 9.17) is 5.26 Å². The molecule has 21 heavy (non-hydrogen) atoms. The smallest absolute Gasteiger partial charge is 0.142 e. The number of pyridine rings is 1. The molecule has 0 aliphatic heterocycles. The van der Waals surface area contributed by atoms with Gasteiger partial charge in [-0.2, -0.15) is 10.4 Å². The summed E-state index contributed by atoms with van der Waals surface area (Å²) in [6.07, 6.45) is 3.65. The average Bonchev–Trinajstić information content (AvgIpc) is 2.95. The van der Waals surface area contributed by atoms with Crippen molar-refractivity contribution < 1.29 is 0 Å². The summed E-state index contributed by atoms with van der Waals surface area (Å²) in [7, 11) is 0. The molecule has 5 heteroatoms. The van der Waals surface area contributed by atoms with Crippen LogP contribution in [0, 0.1) is 11.3 Å². The first kappa shape index (κ1) is 12.9. The van der Waals surface area contributed by atoms with Gasteiger partial charge in [-0.1, -0.05) is 36.4 Å². The van der Waals surface area contributed by atoms with Crippen LogP contribution in [0.25, 0.3) is 0 Å². The Morgan fingerprint density at radius 3 is 2.76 bits per heavy atom. The molecule has 5 nitrogen and oxygen atoms in total. The van der Waals surface area contributed by atoms with Gasteiger partial charge in [-0.25, -0.2) is 4.98 Å². The lowest BCUT2D eigenvalue weighted by molar-refractivity contribution is 0.687. The van der Waals surface area contributed by atoms with Gasteiger partial charge < -0.3 is 5.32 Å². The normalized spacial score (nSPS) is 10.0. The number of nitrogens with one attached hydrogen (secondary N) is 1. The summed E-state index contributed by atoms with van der Waals surface area (Å²) in [4.78, 5) is 4.17. The fourth-order valence-electron chi connectivity index (χ4n) is 2.00. The maximum atomic E-state index is 8.84. The van der Waals surface area contributed by atoms with Crippen molar-refractivity contribution >= 4 is 11.5 Å². The third-order valence-electron chi connectivity index (χ3n) is 2.96. The molecule has 0 spiro atoms. The van der Waals surface area contributed by atoms with E-state index < -0.39 is 0 Å². The largest absolute Gasteiger partial charge is 0.338 e. The van der Waals surface area contributed by atoms with E-state index in [1.165, 1.54) is 5.56 Å². The highest BCUT2D eigenvalue weighted by Gasteiger charge is 2.02. The summed E-state index contributed by atoms with van der Waals surface area (Å²) >= 11 is 0. The molecular weight excluding hydrogens is 262 g/mol. The van der Waals surface area contributed by atoms with Crippen molar-refractivity contribution in [1.82, 2.24) is 14.8 Å². The lowest BCUT2D eigenvalue weighted by Gasteiger charge is -2.02. The van der Waals surface area contributed by atoms with Crippen LogP contribution in [0.2, 0.25) is 0 Å². The Hall–Kier alpha value is -3.13. The van der Waals surface area contributed by atoms with Crippen LogP contribution in [0.1, 0.15) is 11.3 Å². The number of aromatic nitrogens is 3. The number of nitrogens with zero attached hydrogens (tertiary/aromatic N) is 4. The van der Waals surface area contributed by atoms with Gasteiger partial charge in [0.2, 0.25) is 0 Å². The van der Waals surface area contributed by atoms with Gasteiger partial charge in [0, 0.05) is 6.20 Å². The van der Waals surface area contributed by atoms with Crippen LogP contribution >= 0.6 is 0 Å².